The van der Waals surface area contributed by atoms with Crippen molar-refractivity contribution < 1.29 is 23.8 Å². The Morgan fingerprint density at radius 1 is 1.08 bits per heavy atom. The van der Waals surface area contributed by atoms with E-state index in [1.54, 1.807) is 46.1 Å². The number of nitrogens with zero attached hydrogens (tertiary/aromatic N) is 5. The van der Waals surface area contributed by atoms with Gasteiger partial charge >= 0.3 is 5.97 Å². The molecule has 0 radical (unpaired) electrons. The van der Waals surface area contributed by atoms with Crippen LogP contribution in [0, 0.1) is 19.7 Å². The Bertz CT molecular complexity index is 2220. The minimum Gasteiger partial charge on any atom is -0.493 e. The van der Waals surface area contributed by atoms with Crippen molar-refractivity contribution in [3.8, 4) is 16.9 Å². The number of carboxylic acids is 1. The number of carboxylic acid groups (broad SMARTS) is 1. The fourth-order valence-corrected chi connectivity index (χ4v) is 7.51. The van der Waals surface area contributed by atoms with Gasteiger partial charge in [0, 0.05) is 81.7 Å². The summed E-state index contributed by atoms with van der Waals surface area (Å²) in [6.45, 7) is 4.59. The van der Waals surface area contributed by atoms with Crippen molar-refractivity contribution >= 4 is 57.3 Å². The molecular weight excluding hydrogens is 655 g/mol. The first-order valence-electron chi connectivity index (χ1n) is 15.3. The Kier molecular flexibility index (Phi) is 9.33. The molecule has 0 atom stereocenters. The number of thioether (sulfide) groups is 1. The summed E-state index contributed by atoms with van der Waals surface area (Å²) in [7, 11) is 3.62. The second-order valence-corrected chi connectivity index (χ2v) is 13.0. The van der Waals surface area contributed by atoms with E-state index in [9.17, 15) is 19.1 Å². The van der Waals surface area contributed by atoms with Gasteiger partial charge in [-0.05, 0) is 79.7 Å². The minimum atomic E-state index is -1.04. The van der Waals surface area contributed by atoms with Crippen molar-refractivity contribution in [2.45, 2.75) is 44.0 Å². The molecule has 0 saturated heterocycles. The van der Waals surface area contributed by atoms with Crippen molar-refractivity contribution in [2.24, 2.45) is 19.8 Å². The highest BCUT2D eigenvalue weighted by Gasteiger charge is 2.26. The first-order chi connectivity index (χ1) is 23.0. The number of halogens is 2. The van der Waals surface area contributed by atoms with E-state index in [-0.39, 0.29) is 24.7 Å². The van der Waals surface area contributed by atoms with Crippen LogP contribution in [0.25, 0.3) is 32.8 Å². The number of aromatic nitrogens is 5. The summed E-state index contributed by atoms with van der Waals surface area (Å²) in [5.41, 5.74) is 11.9. The molecule has 0 bridgehead atoms. The van der Waals surface area contributed by atoms with Crippen LogP contribution in [0.1, 0.15) is 50.0 Å². The van der Waals surface area contributed by atoms with E-state index in [0.717, 1.165) is 43.7 Å². The summed E-state index contributed by atoms with van der Waals surface area (Å²) in [5.74, 6) is -0.253. The maximum absolute atomic E-state index is 14.2. The highest BCUT2D eigenvalue weighted by atomic mass is 35.5. The summed E-state index contributed by atoms with van der Waals surface area (Å²) in [6.07, 6.45) is 1.20. The third-order valence-corrected chi connectivity index (χ3v) is 9.94. The van der Waals surface area contributed by atoms with E-state index < -0.39 is 5.97 Å². The van der Waals surface area contributed by atoms with Gasteiger partial charge in [0.1, 0.15) is 23.0 Å². The number of hydrogen-bond donors (Lipinski definition) is 2. The lowest BCUT2D eigenvalue weighted by Crippen LogP contribution is -2.12. The molecular formula is C35H34ClFN6O4S. The number of hydrogen-bond acceptors (Lipinski definition) is 7. The second kappa shape index (κ2) is 13.5. The first kappa shape index (κ1) is 33.3. The van der Waals surface area contributed by atoms with E-state index in [0.29, 0.717) is 58.1 Å². The minimum absolute atomic E-state index is 0.177. The Morgan fingerprint density at radius 2 is 1.88 bits per heavy atom. The summed E-state index contributed by atoms with van der Waals surface area (Å²) in [6, 6.07) is 13.7. The smallest absolute Gasteiger partial charge is 0.352 e. The highest BCUT2D eigenvalue weighted by molar-refractivity contribution is 7.98. The molecule has 48 heavy (non-hydrogen) atoms. The molecule has 13 heteroatoms. The van der Waals surface area contributed by atoms with Gasteiger partial charge in [-0.1, -0.05) is 11.6 Å². The molecule has 6 aromatic rings. The molecule has 6 rings (SSSR count). The topological polar surface area (TPSA) is 130 Å². The van der Waals surface area contributed by atoms with Gasteiger partial charge in [0.15, 0.2) is 6.29 Å². The average molecular weight is 689 g/mol. The van der Waals surface area contributed by atoms with E-state index >= 15 is 0 Å². The van der Waals surface area contributed by atoms with Gasteiger partial charge in [-0.2, -0.15) is 10.2 Å². The summed E-state index contributed by atoms with van der Waals surface area (Å²) in [5, 5.41) is 21.8. The van der Waals surface area contributed by atoms with E-state index in [1.165, 1.54) is 23.9 Å². The van der Waals surface area contributed by atoms with E-state index in [2.05, 4.69) is 10.2 Å². The SMILES string of the molecule is Cc1c(C(=O)O)n(CCCOc2cc(SCc3cc(C=O)nn3C)cc3cc(F)ccc23)c2ccc(Cl)c(-c3c(CN)nn(C)c3C)c12. The van der Waals surface area contributed by atoms with Crippen molar-refractivity contribution in [1.82, 2.24) is 24.1 Å². The van der Waals surface area contributed by atoms with Crippen LogP contribution in [-0.2, 0) is 32.9 Å². The number of aldehydes is 1. The molecule has 0 unspecified atom stereocenters. The number of benzene rings is 3. The predicted molar refractivity (Wildman–Crippen MR) is 186 cm³/mol. The highest BCUT2D eigenvalue weighted by Crippen LogP contribution is 2.42. The normalized spacial score (nSPS) is 11.6. The Labute approximate surface area is 285 Å². The van der Waals surface area contributed by atoms with Crippen LogP contribution in [0.2, 0.25) is 5.02 Å². The van der Waals surface area contributed by atoms with Crippen LogP contribution in [-0.4, -0.2) is 48.1 Å². The van der Waals surface area contributed by atoms with Crippen LogP contribution in [0.15, 0.2) is 53.4 Å². The van der Waals surface area contributed by atoms with Crippen LogP contribution < -0.4 is 10.5 Å². The molecule has 0 aliphatic heterocycles. The van der Waals surface area contributed by atoms with Gasteiger partial charge < -0.3 is 20.1 Å². The van der Waals surface area contributed by atoms with Crippen molar-refractivity contribution in [2.75, 3.05) is 6.61 Å². The lowest BCUT2D eigenvalue weighted by Gasteiger charge is -2.14. The Balaban J connectivity index is 1.29. The zero-order valence-corrected chi connectivity index (χ0v) is 28.5. The lowest BCUT2D eigenvalue weighted by molar-refractivity contribution is 0.0684. The van der Waals surface area contributed by atoms with Gasteiger partial charge in [-0.3, -0.25) is 14.2 Å². The first-order valence-corrected chi connectivity index (χ1v) is 16.6. The van der Waals surface area contributed by atoms with Crippen molar-refractivity contribution in [1.29, 1.82) is 0 Å². The molecule has 0 fully saturated rings. The van der Waals surface area contributed by atoms with Crippen molar-refractivity contribution in [3.63, 3.8) is 0 Å². The third kappa shape index (κ3) is 6.07. The number of carbonyl (C=O) groups excluding carboxylic acids is 1. The standard InChI is InChI=1S/C35H34ClFN6O4S/c1-19-31-29(9-8-27(36)33(31)32-20(2)41(3)40-28(32)16-38)43(34(19)35(45)46)10-5-11-47-30-15-25(13-21-12-22(37)6-7-26(21)30)48-18-24-14-23(17-44)39-42(24)4/h6-9,12-15,17H,5,10-11,16,18,38H2,1-4H3,(H,45,46). The Hall–Kier alpha value is -4.65. The largest absolute Gasteiger partial charge is 0.493 e. The molecule has 3 N–H and O–H groups in total. The predicted octanol–water partition coefficient (Wildman–Crippen LogP) is 7.07. The number of carbonyl (C=O) groups is 2. The summed E-state index contributed by atoms with van der Waals surface area (Å²) >= 11 is 8.32. The van der Waals surface area contributed by atoms with Crippen LogP contribution >= 0.6 is 23.4 Å². The fraction of sp³-hybridized carbons (Fsp3) is 0.257. The average Bonchev–Trinajstić information content (AvgIpc) is 3.67. The number of aryl methyl sites for hydroxylation is 4. The van der Waals surface area contributed by atoms with Gasteiger partial charge in [-0.25, -0.2) is 9.18 Å². The van der Waals surface area contributed by atoms with Crippen LogP contribution in [0.3, 0.4) is 0 Å². The molecule has 0 amide bonds. The molecule has 0 aliphatic rings. The Morgan fingerprint density at radius 3 is 2.58 bits per heavy atom. The van der Waals surface area contributed by atoms with Crippen molar-refractivity contribution in [3.05, 3.63) is 93.4 Å². The van der Waals surface area contributed by atoms with E-state index in [4.69, 9.17) is 22.1 Å². The molecule has 3 heterocycles. The van der Waals surface area contributed by atoms with Crippen LogP contribution in [0.5, 0.6) is 5.75 Å². The lowest BCUT2D eigenvalue weighted by atomic mass is 9.97. The molecule has 0 aliphatic carbocycles. The maximum atomic E-state index is 14.2. The monoisotopic (exact) mass is 688 g/mol. The molecule has 0 spiro atoms. The van der Waals surface area contributed by atoms with Gasteiger partial charge in [0.05, 0.1) is 12.3 Å². The number of aromatic carboxylic acids is 1. The molecule has 0 saturated carbocycles. The van der Waals surface area contributed by atoms with Gasteiger partial charge in [-0.15, -0.1) is 11.8 Å². The number of ether oxygens (including phenoxy) is 1. The summed E-state index contributed by atoms with van der Waals surface area (Å²) in [4.78, 5) is 24.6. The number of rotatable bonds is 12. The molecule has 10 nitrogen and oxygen atoms in total. The van der Waals surface area contributed by atoms with Crippen LogP contribution in [0.4, 0.5) is 4.39 Å². The maximum Gasteiger partial charge on any atom is 0.352 e. The molecule has 3 aromatic heterocycles. The van der Waals surface area contributed by atoms with Gasteiger partial charge in [0.2, 0.25) is 0 Å². The molecule has 3 aromatic carbocycles. The second-order valence-electron chi connectivity index (χ2n) is 11.6. The third-order valence-electron chi connectivity index (χ3n) is 8.61. The number of fused-ring (bicyclic) bond motifs is 2. The summed E-state index contributed by atoms with van der Waals surface area (Å²) < 4.78 is 25.7. The zero-order valence-electron chi connectivity index (χ0n) is 26.9. The zero-order chi connectivity index (χ0) is 34.3. The fourth-order valence-electron chi connectivity index (χ4n) is 6.28. The van der Waals surface area contributed by atoms with Gasteiger partial charge in [0.25, 0.3) is 0 Å². The number of nitrogens with two attached hydrogens (primary N) is 1. The van der Waals surface area contributed by atoms with E-state index in [1.807, 2.05) is 32.2 Å². The quantitative estimate of drug-likeness (QED) is 0.0794. The molecule has 248 valence electrons.